The number of anilines is 1. The molecule has 0 aromatic heterocycles. The van der Waals surface area contributed by atoms with Crippen molar-refractivity contribution >= 4 is 64.1 Å². The number of carboxylic acids is 3. The van der Waals surface area contributed by atoms with Crippen LogP contribution >= 0.6 is 19.5 Å². The molecule has 0 radical (unpaired) electrons. The summed E-state index contributed by atoms with van der Waals surface area (Å²) in [6, 6.07) is 48.8. The zero-order chi connectivity index (χ0) is 41.6. The van der Waals surface area contributed by atoms with E-state index in [1.165, 1.54) is 21.5 Å². The highest BCUT2D eigenvalue weighted by molar-refractivity contribution is 7.95. The van der Waals surface area contributed by atoms with E-state index in [1.807, 2.05) is 29.2 Å². The fourth-order valence-corrected chi connectivity index (χ4v) is 12.2. The van der Waals surface area contributed by atoms with Gasteiger partial charge in [-0.3, -0.25) is 29.1 Å². The van der Waals surface area contributed by atoms with Gasteiger partial charge in [0.05, 0.1) is 25.8 Å². The molecule has 306 valence electrons. The van der Waals surface area contributed by atoms with Crippen molar-refractivity contribution in [3.05, 3.63) is 156 Å². The molecule has 1 fully saturated rings. The highest BCUT2D eigenvalue weighted by Gasteiger charge is 2.45. The summed E-state index contributed by atoms with van der Waals surface area (Å²) in [5.41, 5.74) is 4.10. The lowest BCUT2D eigenvalue weighted by molar-refractivity contribution is -0.140. The van der Waals surface area contributed by atoms with Gasteiger partial charge in [-0.15, -0.1) is 0 Å². The summed E-state index contributed by atoms with van der Waals surface area (Å²) in [5, 5.41) is 39.8. The number of thiocarbonyl (C=S) groups is 1. The lowest BCUT2D eigenvalue weighted by atomic mass is 10.0. The van der Waals surface area contributed by atoms with E-state index in [0.29, 0.717) is 50.8 Å². The molecule has 0 amide bonds. The monoisotopic (exact) mass is 832 g/mol. The summed E-state index contributed by atoms with van der Waals surface area (Å²) in [7, 11) is -2.02. The predicted octanol–water partition coefficient (Wildman–Crippen LogP) is 4.75. The highest BCUT2D eigenvalue weighted by Crippen LogP contribution is 2.58. The molecule has 0 spiro atoms. The summed E-state index contributed by atoms with van der Waals surface area (Å²) >= 11 is 5.66. The first-order valence-corrected chi connectivity index (χ1v) is 22.1. The Labute approximate surface area is 351 Å². The zero-order valence-corrected chi connectivity index (χ0v) is 34.6. The van der Waals surface area contributed by atoms with Crippen molar-refractivity contribution in [3.63, 3.8) is 0 Å². The Morgan fingerprint density at radius 1 is 0.576 bits per heavy atom. The number of rotatable bonds is 16. The normalized spacial score (nSPS) is 15.6. The Bertz CT molecular complexity index is 2050. The lowest BCUT2D eigenvalue weighted by Gasteiger charge is -2.33. The smallest absolute Gasteiger partial charge is 0.317 e. The van der Waals surface area contributed by atoms with Crippen molar-refractivity contribution in [2.75, 3.05) is 57.7 Å². The van der Waals surface area contributed by atoms with Crippen LogP contribution in [-0.4, -0.2) is 111 Å². The van der Waals surface area contributed by atoms with Gasteiger partial charge in [0.15, 0.2) is 5.11 Å². The average molecular weight is 833 g/mol. The lowest BCUT2D eigenvalue weighted by Crippen LogP contribution is -2.49. The van der Waals surface area contributed by atoms with E-state index in [2.05, 4.69) is 126 Å². The predicted molar refractivity (Wildman–Crippen MR) is 240 cm³/mol. The van der Waals surface area contributed by atoms with Gasteiger partial charge in [0.25, 0.3) is 0 Å². The van der Waals surface area contributed by atoms with Crippen molar-refractivity contribution in [2.45, 2.75) is 25.2 Å². The number of hydrogen-bond acceptors (Lipinski definition) is 7. The van der Waals surface area contributed by atoms with Crippen LogP contribution in [0, 0.1) is 0 Å². The minimum Gasteiger partial charge on any atom is -0.480 e. The second-order valence-corrected chi connectivity index (χ2v) is 18.7. The average Bonchev–Trinajstić information content (AvgIpc) is 3.30. The van der Waals surface area contributed by atoms with Crippen molar-refractivity contribution in [1.29, 1.82) is 0 Å². The van der Waals surface area contributed by atoms with Gasteiger partial charge in [0.2, 0.25) is 0 Å². The van der Waals surface area contributed by atoms with E-state index < -0.39 is 25.2 Å². The Morgan fingerprint density at radius 3 is 1.56 bits per heavy atom. The molecule has 5 aromatic carbocycles. The molecule has 1 unspecified atom stereocenters. The van der Waals surface area contributed by atoms with E-state index in [0.717, 1.165) is 23.0 Å². The summed E-state index contributed by atoms with van der Waals surface area (Å²) in [5.74, 6) is -2.99. The molecule has 0 aliphatic carbocycles. The first-order chi connectivity index (χ1) is 28.6. The number of carboxylic acid groups (broad SMARTS) is 3. The molecule has 11 nitrogen and oxygen atoms in total. The quantitative estimate of drug-likeness (QED) is 0.0692. The van der Waals surface area contributed by atoms with Crippen LogP contribution < -0.4 is 26.5 Å². The van der Waals surface area contributed by atoms with Crippen molar-refractivity contribution < 1.29 is 29.7 Å². The summed E-state index contributed by atoms with van der Waals surface area (Å²) in [4.78, 5) is 40.3. The van der Waals surface area contributed by atoms with Crippen molar-refractivity contribution in [3.8, 4) is 0 Å². The Hall–Kier alpha value is -5.49. The van der Waals surface area contributed by atoms with Crippen LogP contribution in [0.3, 0.4) is 0 Å². The molecule has 0 bridgehead atoms. The highest BCUT2D eigenvalue weighted by atomic mass is 32.1. The molecule has 1 atom stereocenters. The van der Waals surface area contributed by atoms with Gasteiger partial charge in [-0.2, -0.15) is 0 Å². The van der Waals surface area contributed by atoms with Gasteiger partial charge in [0, 0.05) is 51.0 Å². The van der Waals surface area contributed by atoms with Crippen LogP contribution in [0.25, 0.3) is 0 Å². The van der Waals surface area contributed by atoms with Crippen LogP contribution in [0.5, 0.6) is 0 Å². The summed E-state index contributed by atoms with van der Waals surface area (Å²) in [6.45, 7) is 1.60. The maximum atomic E-state index is 11.9. The van der Waals surface area contributed by atoms with Crippen LogP contribution in [0.15, 0.2) is 140 Å². The van der Waals surface area contributed by atoms with E-state index in [9.17, 15) is 29.7 Å². The Balaban J connectivity index is 1.09. The molecule has 1 heterocycles. The molecule has 59 heavy (non-hydrogen) atoms. The molecule has 1 aliphatic heterocycles. The number of aliphatic carboxylic acids is 3. The number of benzene rings is 5. The summed E-state index contributed by atoms with van der Waals surface area (Å²) < 4.78 is 0. The first kappa shape index (κ1) is 43.1. The molecule has 13 heteroatoms. The van der Waals surface area contributed by atoms with Gasteiger partial charge in [0.1, 0.15) is 23.2 Å². The third kappa shape index (κ3) is 12.3. The number of nitrogens with one attached hydrogen (secondary N) is 2. The molecule has 6 rings (SSSR count). The largest absolute Gasteiger partial charge is 0.480 e. The standard InChI is InChI=1S/C46H50N5O6PS/c52-43(53)31-49-24-25-50(32-44(54)55)30-39(51(27-26-49)33-45(56)57)28-35-20-22-38(23-21-35)48-46(59)47-29-36-16-18-37(19-17-36)34-58(40-10-4-1-5-11-40,41-12-6-2-7-13-41)42-14-8-3-9-15-42/h1-23,39H,24-34H2,(H4-,47,48,52,53,54,55,56,57,59)/p+1. The zero-order valence-electron chi connectivity index (χ0n) is 32.9. The van der Waals surface area contributed by atoms with Crippen LogP contribution in [-0.2, 0) is 33.5 Å². The first-order valence-electron chi connectivity index (χ1n) is 19.7. The molecule has 1 aliphatic rings. The minimum absolute atomic E-state index is 0.203. The number of hydrogen-bond donors (Lipinski definition) is 5. The molecular formula is C46H51N5O6PS+. The molecule has 5 N–H and O–H groups in total. The van der Waals surface area contributed by atoms with Gasteiger partial charge in [-0.1, -0.05) is 91.0 Å². The molecule has 0 saturated carbocycles. The van der Waals surface area contributed by atoms with Gasteiger partial charge in [-0.05, 0) is 83.9 Å². The van der Waals surface area contributed by atoms with E-state index in [4.69, 9.17) is 12.2 Å². The molecule has 5 aromatic rings. The summed E-state index contributed by atoms with van der Waals surface area (Å²) in [6.07, 6.45) is 1.37. The van der Waals surface area contributed by atoms with E-state index in [1.54, 1.807) is 9.80 Å². The third-order valence-electron chi connectivity index (χ3n) is 10.6. The van der Waals surface area contributed by atoms with Crippen LogP contribution in [0.1, 0.15) is 16.7 Å². The fourth-order valence-electron chi connectivity index (χ4n) is 7.77. The van der Waals surface area contributed by atoms with Gasteiger partial charge in [-0.25, -0.2) is 0 Å². The Kier molecular flexibility index (Phi) is 15.3. The minimum atomic E-state index is -2.02. The SMILES string of the molecule is O=C(O)CN1CCN(CC(=O)O)CC(Cc2ccc(NC(=S)NCc3ccc(C[P+](c4ccccc4)(c4ccccc4)c4ccccc4)cc3)cc2)N(CC(=O)O)CC1. The van der Waals surface area contributed by atoms with Crippen LogP contribution in [0.2, 0.25) is 0 Å². The Morgan fingerprint density at radius 2 is 1.03 bits per heavy atom. The maximum absolute atomic E-state index is 11.9. The van der Waals surface area contributed by atoms with Crippen LogP contribution in [0.4, 0.5) is 5.69 Å². The van der Waals surface area contributed by atoms with E-state index >= 15 is 0 Å². The second-order valence-electron chi connectivity index (χ2n) is 14.8. The number of nitrogens with zero attached hydrogens (tertiary/aromatic N) is 3. The topological polar surface area (TPSA) is 146 Å². The number of carbonyl (C=O) groups is 3. The second kappa shape index (κ2) is 21.0. The third-order valence-corrected chi connectivity index (χ3v) is 15.3. The van der Waals surface area contributed by atoms with E-state index in [-0.39, 0.29) is 25.7 Å². The molecule has 1 saturated heterocycles. The van der Waals surface area contributed by atoms with Crippen molar-refractivity contribution in [1.82, 2.24) is 20.0 Å². The van der Waals surface area contributed by atoms with Crippen molar-refractivity contribution in [2.24, 2.45) is 0 Å². The maximum Gasteiger partial charge on any atom is 0.317 e. The molecular weight excluding hydrogens is 782 g/mol. The van der Waals surface area contributed by atoms with Gasteiger partial charge < -0.3 is 26.0 Å². The fraction of sp³-hybridized carbons (Fsp3) is 0.261. The van der Waals surface area contributed by atoms with Gasteiger partial charge >= 0.3 is 17.9 Å².